The van der Waals surface area contributed by atoms with Gasteiger partial charge in [-0.1, -0.05) is 65.2 Å². The second-order valence-electron chi connectivity index (χ2n) is 6.58. The summed E-state index contributed by atoms with van der Waals surface area (Å²) in [5.74, 6) is -1.75. The van der Waals surface area contributed by atoms with Crippen molar-refractivity contribution in [1.29, 1.82) is 0 Å². The predicted octanol–water partition coefficient (Wildman–Crippen LogP) is 3.10. The summed E-state index contributed by atoms with van der Waals surface area (Å²) in [6, 6.07) is 0. The average Bonchev–Trinajstić information content (AvgIpc) is 2.64. The molecule has 0 fully saturated rings. The summed E-state index contributed by atoms with van der Waals surface area (Å²) in [5, 5.41) is -1.69. The quantitative estimate of drug-likeness (QED) is 0.151. The third-order valence-corrected chi connectivity index (χ3v) is 5.72. The minimum absolute atomic E-state index is 0. The van der Waals surface area contributed by atoms with Gasteiger partial charge in [-0.15, -0.1) is 0 Å². The standard InChI is InChI=1S/C19H36O7S.Na.H/c1-4-6-8-10-12-14-25-18(20)16-17(19(21)24-3)27(22,23)26-15-13-11-9-7-5-2;;/h17H,4-16H2,1-3H3;;. The van der Waals surface area contributed by atoms with Gasteiger partial charge < -0.3 is 9.47 Å². The van der Waals surface area contributed by atoms with Crippen molar-refractivity contribution in [2.24, 2.45) is 0 Å². The van der Waals surface area contributed by atoms with Crippen molar-refractivity contribution in [1.82, 2.24) is 0 Å². The normalized spacial score (nSPS) is 12.1. The van der Waals surface area contributed by atoms with Crippen LogP contribution in [0.4, 0.5) is 0 Å². The Morgan fingerprint density at radius 2 is 1.32 bits per heavy atom. The van der Waals surface area contributed by atoms with Crippen LogP contribution in [0, 0.1) is 0 Å². The molecule has 0 N–H and O–H groups in total. The maximum absolute atomic E-state index is 12.3. The van der Waals surface area contributed by atoms with Crippen molar-refractivity contribution in [3.8, 4) is 0 Å². The van der Waals surface area contributed by atoms with Crippen LogP contribution in [0.15, 0.2) is 0 Å². The first-order valence-corrected chi connectivity index (χ1v) is 11.5. The Hall–Kier alpha value is -0.150. The van der Waals surface area contributed by atoms with Crippen molar-refractivity contribution < 1.29 is 31.7 Å². The molecule has 1 unspecified atom stereocenters. The summed E-state index contributed by atoms with van der Waals surface area (Å²) in [6.45, 7) is 4.41. The minimum atomic E-state index is -4.24. The Morgan fingerprint density at radius 1 is 0.821 bits per heavy atom. The van der Waals surface area contributed by atoms with Crippen LogP contribution >= 0.6 is 0 Å². The van der Waals surface area contributed by atoms with Gasteiger partial charge in [0, 0.05) is 0 Å². The predicted molar refractivity (Wildman–Crippen MR) is 111 cm³/mol. The number of rotatable bonds is 17. The molecule has 7 nitrogen and oxygen atoms in total. The molecule has 0 aromatic heterocycles. The Kier molecular flexibility index (Phi) is 20.2. The van der Waals surface area contributed by atoms with Crippen LogP contribution in [0.2, 0.25) is 0 Å². The van der Waals surface area contributed by atoms with Gasteiger partial charge in [0.05, 0.1) is 26.7 Å². The summed E-state index contributed by atoms with van der Waals surface area (Å²) in [4.78, 5) is 23.7. The van der Waals surface area contributed by atoms with Gasteiger partial charge in [-0.3, -0.25) is 13.8 Å². The van der Waals surface area contributed by atoms with Gasteiger partial charge >= 0.3 is 41.5 Å². The fraction of sp³-hybridized carbons (Fsp3) is 0.895. The van der Waals surface area contributed by atoms with Crippen LogP contribution in [0.3, 0.4) is 0 Å². The van der Waals surface area contributed by atoms with Crippen molar-refractivity contribution in [2.75, 3.05) is 20.3 Å². The van der Waals surface area contributed by atoms with Crippen molar-refractivity contribution in [2.45, 2.75) is 89.7 Å². The number of hydrogen-bond donors (Lipinski definition) is 0. The summed E-state index contributed by atoms with van der Waals surface area (Å²) < 4.78 is 39.0. The molecule has 0 spiro atoms. The molecular weight excluding hydrogens is 395 g/mol. The summed E-state index contributed by atoms with van der Waals surface area (Å²) in [5.41, 5.74) is 0. The monoisotopic (exact) mass is 432 g/mol. The third kappa shape index (κ3) is 14.8. The molecule has 9 heteroatoms. The van der Waals surface area contributed by atoms with E-state index in [2.05, 4.69) is 18.6 Å². The maximum atomic E-state index is 12.3. The number of hydrogen-bond acceptors (Lipinski definition) is 7. The summed E-state index contributed by atoms with van der Waals surface area (Å²) >= 11 is 0. The number of carbonyl (C=O) groups excluding carboxylic acids is 2. The fourth-order valence-corrected chi connectivity index (χ4v) is 3.69. The van der Waals surface area contributed by atoms with Crippen LogP contribution < -0.4 is 0 Å². The molecule has 162 valence electrons. The average molecular weight is 433 g/mol. The molecule has 0 aliphatic heterocycles. The second-order valence-corrected chi connectivity index (χ2v) is 8.37. The fourth-order valence-electron chi connectivity index (χ4n) is 2.50. The first-order chi connectivity index (χ1) is 12.9. The van der Waals surface area contributed by atoms with Crippen molar-refractivity contribution in [3.63, 3.8) is 0 Å². The van der Waals surface area contributed by atoms with E-state index in [1.165, 1.54) is 0 Å². The zero-order valence-electron chi connectivity index (χ0n) is 17.0. The zero-order valence-corrected chi connectivity index (χ0v) is 17.9. The van der Waals surface area contributed by atoms with Crippen molar-refractivity contribution in [3.05, 3.63) is 0 Å². The first-order valence-electron chi connectivity index (χ1n) is 10.0. The molecule has 0 aromatic rings. The Morgan fingerprint density at radius 3 is 1.82 bits per heavy atom. The molecule has 28 heavy (non-hydrogen) atoms. The van der Waals surface area contributed by atoms with E-state index in [-0.39, 0.29) is 42.8 Å². The van der Waals surface area contributed by atoms with E-state index < -0.39 is 33.7 Å². The van der Waals surface area contributed by atoms with Gasteiger partial charge in [0.15, 0.2) is 5.25 Å². The van der Waals surface area contributed by atoms with E-state index in [4.69, 9.17) is 8.92 Å². The van der Waals surface area contributed by atoms with E-state index >= 15 is 0 Å². The molecule has 0 bridgehead atoms. The number of unbranched alkanes of at least 4 members (excludes halogenated alkanes) is 8. The Bertz CT molecular complexity index is 508. The molecule has 0 radical (unpaired) electrons. The van der Waals surface area contributed by atoms with E-state index in [1.807, 2.05) is 0 Å². The number of methoxy groups -OCH3 is 1. The van der Waals surface area contributed by atoms with Gasteiger partial charge in [-0.25, -0.2) is 0 Å². The molecule has 0 aliphatic carbocycles. The first kappa shape index (κ1) is 30.0. The Balaban J connectivity index is 0. The van der Waals surface area contributed by atoms with E-state index in [1.54, 1.807) is 0 Å². The van der Waals surface area contributed by atoms with E-state index in [0.29, 0.717) is 6.42 Å². The summed E-state index contributed by atoms with van der Waals surface area (Å²) in [6.07, 6.45) is 9.00. The van der Waals surface area contributed by atoms with E-state index in [9.17, 15) is 18.0 Å². The van der Waals surface area contributed by atoms with Gasteiger partial charge in [-0.2, -0.15) is 8.42 Å². The molecular formula is C19H37NaO7S. The molecule has 0 aliphatic rings. The Labute approximate surface area is 192 Å². The molecule has 0 saturated heterocycles. The van der Waals surface area contributed by atoms with Crippen LogP contribution in [-0.4, -0.2) is 75.5 Å². The molecule has 0 heterocycles. The van der Waals surface area contributed by atoms with Gasteiger partial charge in [-0.05, 0) is 12.8 Å². The number of carbonyl (C=O) groups is 2. The molecule has 0 rings (SSSR count). The third-order valence-electron chi connectivity index (χ3n) is 4.17. The SMILES string of the molecule is CCCCCCCOC(=O)CC(C(=O)OC)S(=O)(=O)OCCCCCCC.[NaH]. The van der Waals surface area contributed by atoms with Crippen LogP contribution in [-0.2, 0) is 33.4 Å². The molecule has 0 amide bonds. The molecule has 1 atom stereocenters. The van der Waals surface area contributed by atoms with Crippen LogP contribution in [0.25, 0.3) is 0 Å². The summed E-state index contributed by atoms with van der Waals surface area (Å²) in [7, 11) is -3.16. The number of esters is 2. The molecule has 0 aromatic carbocycles. The second kappa shape index (κ2) is 18.9. The van der Waals surface area contributed by atoms with Gasteiger partial charge in [0.25, 0.3) is 10.1 Å². The van der Waals surface area contributed by atoms with Gasteiger partial charge in [0.1, 0.15) is 0 Å². The van der Waals surface area contributed by atoms with Crippen molar-refractivity contribution >= 4 is 51.6 Å². The number of ether oxygens (including phenoxy) is 2. The zero-order chi connectivity index (χ0) is 20.5. The van der Waals surface area contributed by atoms with E-state index in [0.717, 1.165) is 64.9 Å². The van der Waals surface area contributed by atoms with Gasteiger partial charge in [0.2, 0.25) is 0 Å². The topological polar surface area (TPSA) is 96.0 Å². The van der Waals surface area contributed by atoms with Crippen LogP contribution in [0.1, 0.15) is 84.5 Å². The van der Waals surface area contributed by atoms with Crippen LogP contribution in [0.5, 0.6) is 0 Å². The molecule has 0 saturated carbocycles.